The molecule has 0 radical (unpaired) electrons. The summed E-state index contributed by atoms with van der Waals surface area (Å²) in [6.45, 7) is 8.68. The first-order chi connectivity index (χ1) is 5.57. The third kappa shape index (κ3) is 1.51. The summed E-state index contributed by atoms with van der Waals surface area (Å²) in [5.74, 6) is 0.846. The molecular formula is C11H16S. The molecule has 0 N–H and O–H groups in total. The second-order valence-electron chi connectivity index (χ2n) is 3.40. The van der Waals surface area contributed by atoms with E-state index in [4.69, 9.17) is 0 Å². The minimum atomic E-state index is 0.846. The lowest BCUT2D eigenvalue weighted by Crippen LogP contribution is -1.96. The van der Waals surface area contributed by atoms with E-state index in [0.717, 1.165) is 5.75 Å². The van der Waals surface area contributed by atoms with Crippen molar-refractivity contribution in [2.45, 2.75) is 33.4 Å². The molecule has 0 spiro atoms. The fourth-order valence-electron chi connectivity index (χ4n) is 1.58. The molecule has 0 aliphatic rings. The van der Waals surface area contributed by atoms with E-state index < -0.39 is 0 Å². The molecule has 1 aromatic rings. The molecule has 0 aliphatic carbocycles. The average Bonchev–Trinajstić information content (AvgIpc) is 2.01. The number of thiol groups is 1. The maximum atomic E-state index is 4.33. The molecule has 1 heteroatoms. The van der Waals surface area contributed by atoms with Crippen LogP contribution in [0.25, 0.3) is 0 Å². The van der Waals surface area contributed by atoms with Gasteiger partial charge in [-0.25, -0.2) is 0 Å². The van der Waals surface area contributed by atoms with Crippen molar-refractivity contribution in [3.63, 3.8) is 0 Å². The lowest BCUT2D eigenvalue weighted by atomic mass is 9.95. The minimum absolute atomic E-state index is 0.846. The highest BCUT2D eigenvalue weighted by Gasteiger charge is 2.05. The third-order valence-corrected chi connectivity index (χ3v) is 2.99. The van der Waals surface area contributed by atoms with E-state index >= 15 is 0 Å². The summed E-state index contributed by atoms with van der Waals surface area (Å²) in [6.07, 6.45) is 0. The van der Waals surface area contributed by atoms with Crippen LogP contribution < -0.4 is 0 Å². The van der Waals surface area contributed by atoms with E-state index in [9.17, 15) is 0 Å². The molecule has 0 nitrogen and oxygen atoms in total. The molecule has 1 aromatic carbocycles. The summed E-state index contributed by atoms with van der Waals surface area (Å²) in [7, 11) is 0. The fraction of sp³-hybridized carbons (Fsp3) is 0.455. The van der Waals surface area contributed by atoms with Gasteiger partial charge in [0.25, 0.3) is 0 Å². The Morgan fingerprint density at radius 1 is 1.00 bits per heavy atom. The van der Waals surface area contributed by atoms with Crippen molar-refractivity contribution >= 4 is 12.6 Å². The van der Waals surface area contributed by atoms with Crippen molar-refractivity contribution in [2.75, 3.05) is 0 Å². The van der Waals surface area contributed by atoms with E-state index in [-0.39, 0.29) is 0 Å². The van der Waals surface area contributed by atoms with E-state index in [0.29, 0.717) is 0 Å². The van der Waals surface area contributed by atoms with E-state index in [1.54, 1.807) is 0 Å². The van der Waals surface area contributed by atoms with Crippen LogP contribution in [0, 0.1) is 27.7 Å². The van der Waals surface area contributed by atoms with E-state index in [1.807, 2.05) is 0 Å². The van der Waals surface area contributed by atoms with Crippen molar-refractivity contribution in [3.8, 4) is 0 Å². The van der Waals surface area contributed by atoms with Crippen LogP contribution in [0.5, 0.6) is 0 Å². The van der Waals surface area contributed by atoms with Crippen molar-refractivity contribution in [3.05, 3.63) is 33.9 Å². The zero-order valence-corrected chi connectivity index (χ0v) is 9.13. The normalized spacial score (nSPS) is 10.4. The molecule has 0 unspecified atom stereocenters. The molecule has 0 aromatic heterocycles. The maximum absolute atomic E-state index is 4.33. The fourth-order valence-corrected chi connectivity index (χ4v) is 2.07. The predicted molar refractivity (Wildman–Crippen MR) is 58.1 cm³/mol. The molecule has 0 heterocycles. The molecule has 0 fully saturated rings. The Morgan fingerprint density at radius 3 is 2.08 bits per heavy atom. The van der Waals surface area contributed by atoms with Crippen LogP contribution in [0.3, 0.4) is 0 Å². The van der Waals surface area contributed by atoms with Gasteiger partial charge < -0.3 is 0 Å². The lowest BCUT2D eigenvalue weighted by molar-refractivity contribution is 1.16. The monoisotopic (exact) mass is 180 g/mol. The Hall–Kier alpha value is -0.430. The quantitative estimate of drug-likeness (QED) is 0.630. The van der Waals surface area contributed by atoms with Gasteiger partial charge in [0.1, 0.15) is 0 Å². The van der Waals surface area contributed by atoms with Gasteiger partial charge in [-0.3, -0.25) is 0 Å². The molecule has 0 saturated heterocycles. The van der Waals surface area contributed by atoms with E-state index in [1.165, 1.54) is 27.8 Å². The smallest absolute Gasteiger partial charge is 0.0159 e. The molecule has 66 valence electrons. The maximum Gasteiger partial charge on any atom is 0.0159 e. The van der Waals surface area contributed by atoms with Gasteiger partial charge in [0.05, 0.1) is 0 Å². The van der Waals surface area contributed by atoms with Crippen LogP contribution in [0.2, 0.25) is 0 Å². The third-order valence-electron chi connectivity index (χ3n) is 2.67. The van der Waals surface area contributed by atoms with Crippen molar-refractivity contribution < 1.29 is 0 Å². The molecule has 1 rings (SSSR count). The van der Waals surface area contributed by atoms with Crippen LogP contribution in [0.1, 0.15) is 27.8 Å². The first kappa shape index (κ1) is 9.66. The number of rotatable bonds is 1. The summed E-state index contributed by atoms with van der Waals surface area (Å²) in [5.41, 5.74) is 6.95. The molecule has 12 heavy (non-hydrogen) atoms. The molecule has 0 atom stereocenters. The largest absolute Gasteiger partial charge is 0.175 e. The lowest BCUT2D eigenvalue weighted by Gasteiger charge is -2.12. The molecular weight excluding hydrogens is 164 g/mol. The van der Waals surface area contributed by atoms with Gasteiger partial charge >= 0.3 is 0 Å². The van der Waals surface area contributed by atoms with Gasteiger partial charge in [-0.15, -0.1) is 0 Å². The van der Waals surface area contributed by atoms with Crippen LogP contribution >= 0.6 is 12.6 Å². The zero-order valence-electron chi connectivity index (χ0n) is 8.23. The van der Waals surface area contributed by atoms with Crippen LogP contribution in [0.4, 0.5) is 0 Å². The van der Waals surface area contributed by atoms with Crippen LogP contribution in [-0.2, 0) is 5.75 Å². The van der Waals surface area contributed by atoms with Gasteiger partial charge in [0.15, 0.2) is 0 Å². The molecule has 0 bridgehead atoms. The Bertz CT molecular complexity index is 300. The number of benzene rings is 1. The van der Waals surface area contributed by atoms with Crippen LogP contribution in [0.15, 0.2) is 6.07 Å². The summed E-state index contributed by atoms with van der Waals surface area (Å²) in [5, 5.41) is 0. The Morgan fingerprint density at radius 2 is 1.58 bits per heavy atom. The Kier molecular flexibility index (Phi) is 2.84. The highest BCUT2D eigenvalue weighted by Crippen LogP contribution is 2.22. The zero-order chi connectivity index (χ0) is 9.30. The van der Waals surface area contributed by atoms with E-state index in [2.05, 4.69) is 46.4 Å². The van der Waals surface area contributed by atoms with Gasteiger partial charge in [-0.05, 0) is 55.5 Å². The summed E-state index contributed by atoms with van der Waals surface area (Å²) < 4.78 is 0. The van der Waals surface area contributed by atoms with Crippen LogP contribution in [-0.4, -0.2) is 0 Å². The predicted octanol–water partition coefficient (Wildman–Crippen LogP) is 3.35. The van der Waals surface area contributed by atoms with Gasteiger partial charge in [-0.2, -0.15) is 12.6 Å². The second-order valence-corrected chi connectivity index (χ2v) is 3.71. The molecule has 0 amide bonds. The molecule has 0 aliphatic heterocycles. The number of hydrogen-bond acceptors (Lipinski definition) is 1. The van der Waals surface area contributed by atoms with Gasteiger partial charge in [0.2, 0.25) is 0 Å². The SMILES string of the molecule is Cc1cc(C)c(CS)c(C)c1C. The molecule has 0 saturated carbocycles. The average molecular weight is 180 g/mol. The van der Waals surface area contributed by atoms with Crippen molar-refractivity contribution in [1.29, 1.82) is 0 Å². The van der Waals surface area contributed by atoms with Crippen molar-refractivity contribution in [2.24, 2.45) is 0 Å². The topological polar surface area (TPSA) is 0 Å². The first-order valence-corrected chi connectivity index (χ1v) is 4.88. The summed E-state index contributed by atoms with van der Waals surface area (Å²) >= 11 is 4.33. The van der Waals surface area contributed by atoms with Gasteiger partial charge in [0, 0.05) is 5.75 Å². The highest BCUT2D eigenvalue weighted by molar-refractivity contribution is 7.79. The number of aryl methyl sites for hydroxylation is 2. The summed E-state index contributed by atoms with van der Waals surface area (Å²) in [4.78, 5) is 0. The Labute approximate surface area is 80.4 Å². The van der Waals surface area contributed by atoms with Crippen molar-refractivity contribution in [1.82, 2.24) is 0 Å². The second kappa shape index (κ2) is 3.53. The first-order valence-electron chi connectivity index (χ1n) is 4.25. The standard InChI is InChI=1S/C11H16S/c1-7-5-8(2)11(6-12)10(4)9(7)3/h5,12H,6H2,1-4H3. The van der Waals surface area contributed by atoms with Gasteiger partial charge in [-0.1, -0.05) is 6.07 Å². The highest BCUT2D eigenvalue weighted by atomic mass is 32.1. The Balaban J connectivity index is 3.40. The number of hydrogen-bond donors (Lipinski definition) is 1. The summed E-state index contributed by atoms with van der Waals surface area (Å²) in [6, 6.07) is 2.24. The minimum Gasteiger partial charge on any atom is -0.175 e.